The van der Waals surface area contributed by atoms with Crippen LogP contribution in [0.1, 0.15) is 46.0 Å². The van der Waals surface area contributed by atoms with Crippen LogP contribution in [0.25, 0.3) is 0 Å². The molecule has 0 amide bonds. The molecule has 0 N–H and O–H groups in total. The van der Waals surface area contributed by atoms with E-state index in [1.165, 1.54) is 0 Å². The number of rotatable bonds is 5. The molecule has 33 heavy (non-hydrogen) atoms. The van der Waals surface area contributed by atoms with Crippen molar-refractivity contribution in [1.82, 2.24) is 0 Å². The largest absolute Gasteiger partial charge is 0.456 e. The van der Waals surface area contributed by atoms with Crippen LogP contribution in [-0.2, 0) is 28.8 Å². The molecular weight excluding hydrogens is 440 g/mol. The van der Waals surface area contributed by atoms with Crippen LogP contribution in [0.3, 0.4) is 0 Å². The number of carbonyl (C=O) groups is 1. The van der Waals surface area contributed by atoms with Gasteiger partial charge in [-0.05, 0) is 67.4 Å². The molecule has 3 saturated heterocycles. The van der Waals surface area contributed by atoms with E-state index in [1.54, 1.807) is 31.4 Å². The van der Waals surface area contributed by atoms with Crippen LogP contribution >= 0.6 is 0 Å². The van der Waals surface area contributed by atoms with E-state index in [-0.39, 0.29) is 30.0 Å². The van der Waals surface area contributed by atoms with Gasteiger partial charge in [-0.15, -0.1) is 0 Å². The highest BCUT2D eigenvalue weighted by molar-refractivity contribution is 7.92. The van der Waals surface area contributed by atoms with Crippen LogP contribution in [0.2, 0.25) is 0 Å². The lowest BCUT2D eigenvalue weighted by Gasteiger charge is -2.60. The molecule has 3 aliphatic heterocycles. The summed E-state index contributed by atoms with van der Waals surface area (Å²) in [7, 11) is -1.89. The van der Waals surface area contributed by atoms with E-state index < -0.39 is 26.1 Å². The van der Waals surface area contributed by atoms with E-state index >= 15 is 0 Å². The molecule has 0 spiro atoms. The summed E-state index contributed by atoms with van der Waals surface area (Å²) >= 11 is 0. The fraction of sp³-hybridized carbons (Fsp3) is 0.731. The third-order valence-electron chi connectivity index (χ3n) is 9.84. The van der Waals surface area contributed by atoms with Crippen LogP contribution in [0, 0.1) is 35.0 Å². The van der Waals surface area contributed by atoms with Gasteiger partial charge in [0.2, 0.25) is 0 Å². The van der Waals surface area contributed by atoms with Crippen molar-refractivity contribution in [1.29, 1.82) is 0 Å². The van der Waals surface area contributed by atoms with Crippen molar-refractivity contribution in [3.05, 3.63) is 30.3 Å². The minimum absolute atomic E-state index is 0.0884. The van der Waals surface area contributed by atoms with E-state index in [0.29, 0.717) is 48.5 Å². The first-order chi connectivity index (χ1) is 15.8. The zero-order chi connectivity index (χ0) is 23.2. The molecule has 0 radical (unpaired) electrons. The van der Waals surface area contributed by atoms with E-state index in [1.807, 2.05) is 6.07 Å². The third kappa shape index (κ3) is 2.62. The number of carbonyl (C=O) groups excluding carboxylic acids is 1. The molecule has 180 valence electrons. The fourth-order valence-electron chi connectivity index (χ4n) is 8.62. The lowest BCUT2D eigenvalue weighted by atomic mass is 9.57. The van der Waals surface area contributed by atoms with E-state index in [2.05, 4.69) is 13.8 Å². The SMILES string of the molecule is COC[C@H]1CC[C@H](C(C)C)[C@@H]2[C@H]1[C@H]1C[C@@]34OC(=O)[C@@]3(CC[C@H]4S(=O)(=O)c3ccccc3)[C@@H]2O1. The van der Waals surface area contributed by atoms with Gasteiger partial charge in [-0.1, -0.05) is 32.0 Å². The number of sulfone groups is 1. The smallest absolute Gasteiger partial charge is 0.319 e. The van der Waals surface area contributed by atoms with Crippen LogP contribution in [0.4, 0.5) is 0 Å². The highest BCUT2D eigenvalue weighted by Gasteiger charge is 2.86. The number of fused-ring (bicyclic) bond motifs is 5. The van der Waals surface area contributed by atoms with Crippen LogP contribution in [-0.4, -0.2) is 51.2 Å². The molecule has 6 rings (SSSR count). The Kier molecular flexibility index (Phi) is 4.87. The monoisotopic (exact) mass is 474 g/mol. The summed E-state index contributed by atoms with van der Waals surface area (Å²) in [6, 6.07) is 8.64. The molecule has 0 unspecified atom stereocenters. The predicted molar refractivity (Wildman–Crippen MR) is 121 cm³/mol. The Morgan fingerprint density at radius 3 is 2.55 bits per heavy atom. The topological polar surface area (TPSA) is 78.9 Å². The first-order valence-corrected chi connectivity index (χ1v) is 14.0. The van der Waals surface area contributed by atoms with Gasteiger partial charge in [-0.25, -0.2) is 8.42 Å². The average Bonchev–Trinajstić information content (AvgIpc) is 3.28. The Balaban J connectivity index is 1.45. The summed E-state index contributed by atoms with van der Waals surface area (Å²) < 4.78 is 46.0. The number of hydrogen-bond acceptors (Lipinski definition) is 6. The maximum Gasteiger partial charge on any atom is 0.319 e. The van der Waals surface area contributed by atoms with Crippen LogP contribution in [0.15, 0.2) is 35.2 Å². The van der Waals surface area contributed by atoms with Crippen molar-refractivity contribution in [2.75, 3.05) is 13.7 Å². The molecule has 3 heterocycles. The fourth-order valence-corrected chi connectivity index (χ4v) is 10.8. The second-order valence-corrected chi connectivity index (χ2v) is 13.4. The molecule has 5 aliphatic rings. The quantitative estimate of drug-likeness (QED) is 0.607. The van der Waals surface area contributed by atoms with Gasteiger partial charge in [-0.2, -0.15) is 0 Å². The van der Waals surface area contributed by atoms with Crippen molar-refractivity contribution >= 4 is 15.8 Å². The lowest BCUT2D eigenvalue weighted by Crippen LogP contribution is -2.76. The molecule has 1 aromatic carbocycles. The first-order valence-electron chi connectivity index (χ1n) is 12.4. The molecule has 2 bridgehead atoms. The number of methoxy groups -OCH3 is 1. The molecule has 7 heteroatoms. The zero-order valence-corrected chi connectivity index (χ0v) is 20.4. The minimum Gasteiger partial charge on any atom is -0.456 e. The second kappa shape index (κ2) is 7.28. The molecule has 5 fully saturated rings. The Bertz CT molecular complexity index is 1050. The number of esters is 1. The standard InChI is InChI=1S/C26H34O6S/c1-15(2)18-10-9-16(14-30-3)21-19-13-26-20(33(28,29)17-7-5-4-6-8-17)11-12-25(26,24(27)32-26)23(31-19)22(18)21/h4-8,15-16,18-23H,9-14H2,1-3H3/t16-,18-,19-,20-,21-,22-,23-,25-,26+/m1/s1. The summed E-state index contributed by atoms with van der Waals surface area (Å²) in [5, 5.41) is -0.711. The van der Waals surface area contributed by atoms with Gasteiger partial charge in [0, 0.05) is 20.1 Å². The normalized spacial score (nSPS) is 45.7. The molecule has 6 nitrogen and oxygen atoms in total. The van der Waals surface area contributed by atoms with E-state index in [0.717, 1.165) is 12.8 Å². The molecular formula is C26H34O6S. The van der Waals surface area contributed by atoms with Crippen molar-refractivity contribution in [3.63, 3.8) is 0 Å². The van der Waals surface area contributed by atoms with Gasteiger partial charge < -0.3 is 14.2 Å². The minimum atomic E-state index is -3.64. The summed E-state index contributed by atoms with van der Waals surface area (Å²) in [4.78, 5) is 13.6. The van der Waals surface area contributed by atoms with Crippen molar-refractivity contribution in [2.45, 2.75) is 73.9 Å². The Morgan fingerprint density at radius 2 is 1.88 bits per heavy atom. The maximum absolute atomic E-state index is 13.8. The van der Waals surface area contributed by atoms with E-state index in [9.17, 15) is 13.2 Å². The molecule has 2 saturated carbocycles. The number of hydrogen-bond donors (Lipinski definition) is 0. The van der Waals surface area contributed by atoms with Gasteiger partial charge >= 0.3 is 5.97 Å². The number of ether oxygens (including phenoxy) is 3. The first kappa shape index (κ1) is 22.1. The van der Waals surface area contributed by atoms with Gasteiger partial charge in [0.25, 0.3) is 0 Å². The predicted octanol–water partition coefficient (Wildman–Crippen LogP) is 3.64. The maximum atomic E-state index is 13.8. The Morgan fingerprint density at radius 1 is 1.12 bits per heavy atom. The Hall–Kier alpha value is -1.44. The van der Waals surface area contributed by atoms with Crippen molar-refractivity contribution in [3.8, 4) is 0 Å². The third-order valence-corrected chi connectivity index (χ3v) is 12.1. The second-order valence-electron chi connectivity index (χ2n) is 11.3. The van der Waals surface area contributed by atoms with Gasteiger partial charge in [0.1, 0.15) is 10.7 Å². The summed E-state index contributed by atoms with van der Waals surface area (Å²) in [5.41, 5.74) is -1.81. The summed E-state index contributed by atoms with van der Waals surface area (Å²) in [5.74, 6) is 1.60. The zero-order valence-electron chi connectivity index (χ0n) is 19.6. The molecule has 2 aliphatic carbocycles. The van der Waals surface area contributed by atoms with Crippen LogP contribution in [0.5, 0.6) is 0 Å². The highest BCUT2D eigenvalue weighted by atomic mass is 32.2. The van der Waals surface area contributed by atoms with Crippen molar-refractivity contribution in [2.24, 2.45) is 35.0 Å². The number of benzene rings is 1. The highest BCUT2D eigenvalue weighted by Crippen LogP contribution is 2.73. The average molecular weight is 475 g/mol. The van der Waals surface area contributed by atoms with Gasteiger partial charge in [-0.3, -0.25) is 4.79 Å². The molecule has 1 aromatic rings. The molecule has 0 aromatic heterocycles. The van der Waals surface area contributed by atoms with Gasteiger partial charge in [0.15, 0.2) is 15.4 Å². The van der Waals surface area contributed by atoms with Crippen molar-refractivity contribution < 1.29 is 27.4 Å². The summed E-state index contributed by atoms with van der Waals surface area (Å²) in [6.45, 7) is 5.21. The van der Waals surface area contributed by atoms with Crippen LogP contribution < -0.4 is 0 Å². The Labute approximate surface area is 196 Å². The lowest BCUT2D eigenvalue weighted by molar-refractivity contribution is -0.288. The van der Waals surface area contributed by atoms with E-state index in [4.69, 9.17) is 14.2 Å². The summed E-state index contributed by atoms with van der Waals surface area (Å²) in [6.07, 6.45) is 3.30. The molecule has 9 atom stereocenters. The van der Waals surface area contributed by atoms with Gasteiger partial charge in [0.05, 0.1) is 17.1 Å².